The van der Waals surface area contributed by atoms with Crippen molar-refractivity contribution in [3.05, 3.63) is 76.8 Å². The van der Waals surface area contributed by atoms with E-state index < -0.39 is 9.84 Å². The fourth-order valence-electron chi connectivity index (χ4n) is 3.96. The van der Waals surface area contributed by atoms with Gasteiger partial charge in [-0.25, -0.2) is 18.4 Å². The van der Waals surface area contributed by atoms with E-state index in [0.29, 0.717) is 33.1 Å². The van der Waals surface area contributed by atoms with Gasteiger partial charge in [0.15, 0.2) is 5.65 Å². The molecule has 3 aromatic carbocycles. The van der Waals surface area contributed by atoms with Crippen LogP contribution in [0.2, 0.25) is 5.02 Å². The van der Waals surface area contributed by atoms with Gasteiger partial charge in [0.1, 0.15) is 22.0 Å². The number of sulfone groups is 1. The summed E-state index contributed by atoms with van der Waals surface area (Å²) in [4.78, 5) is 9.46. The summed E-state index contributed by atoms with van der Waals surface area (Å²) in [6, 6.07) is 17.4. The van der Waals surface area contributed by atoms with Crippen molar-refractivity contribution in [2.75, 3.05) is 12.8 Å². The number of methoxy groups -OCH3 is 1. The number of rotatable bonds is 4. The molecule has 9 heteroatoms. The van der Waals surface area contributed by atoms with E-state index in [9.17, 15) is 8.42 Å². The first-order valence-corrected chi connectivity index (χ1v) is 12.3. The Balaban J connectivity index is 1.88. The molecule has 0 fully saturated rings. The van der Waals surface area contributed by atoms with Crippen molar-refractivity contribution in [2.24, 2.45) is 0 Å². The smallest absolute Gasteiger partial charge is 0.212 e. The number of anilines is 1. The SMILES string of the molecule is COc1ccc(-n2c(N)c(S(=O)(=O)c3ccc(C)c(C)c3)c3nc4ccccc4nc32)cc1Cl. The third-order valence-electron chi connectivity index (χ3n) is 5.90. The van der Waals surface area contributed by atoms with E-state index >= 15 is 0 Å². The van der Waals surface area contributed by atoms with Crippen molar-refractivity contribution in [3.63, 3.8) is 0 Å². The minimum absolute atomic E-state index is 0.00441. The van der Waals surface area contributed by atoms with Gasteiger partial charge in [-0.3, -0.25) is 4.57 Å². The molecular weight excluding hydrogens is 472 g/mol. The molecule has 0 aliphatic rings. The van der Waals surface area contributed by atoms with Crippen LogP contribution in [0.3, 0.4) is 0 Å². The highest BCUT2D eigenvalue weighted by Gasteiger charge is 2.31. The first-order valence-electron chi connectivity index (χ1n) is 10.5. The normalized spacial score (nSPS) is 11.9. The number of nitrogens with two attached hydrogens (primary N) is 1. The Morgan fingerprint density at radius 3 is 2.29 bits per heavy atom. The van der Waals surface area contributed by atoms with E-state index in [1.807, 2.05) is 32.0 Å². The Labute approximate surface area is 201 Å². The van der Waals surface area contributed by atoms with Crippen molar-refractivity contribution in [1.82, 2.24) is 14.5 Å². The van der Waals surface area contributed by atoms with Gasteiger partial charge in [-0.05, 0) is 67.4 Å². The highest BCUT2D eigenvalue weighted by atomic mass is 35.5. The molecule has 0 bridgehead atoms. The van der Waals surface area contributed by atoms with E-state index in [0.717, 1.165) is 11.1 Å². The highest BCUT2D eigenvalue weighted by molar-refractivity contribution is 7.92. The van der Waals surface area contributed by atoms with Crippen molar-refractivity contribution >= 4 is 49.5 Å². The standard InChI is InChI=1S/C25H21ClN4O3S/c1-14-8-10-17(12-15(14)2)34(31,32)23-22-25(29-20-7-5-4-6-19(20)28-22)30(24(23)27)16-9-11-21(33-3)18(26)13-16/h4-13H,27H2,1-3H3. The van der Waals surface area contributed by atoms with Gasteiger partial charge in [0, 0.05) is 0 Å². The van der Waals surface area contributed by atoms with Crippen LogP contribution in [0.1, 0.15) is 11.1 Å². The van der Waals surface area contributed by atoms with Crippen LogP contribution in [0.25, 0.3) is 27.9 Å². The molecule has 5 aromatic rings. The maximum Gasteiger partial charge on any atom is 0.212 e. The van der Waals surface area contributed by atoms with E-state index in [2.05, 4.69) is 4.98 Å². The molecule has 0 saturated carbocycles. The second-order valence-electron chi connectivity index (χ2n) is 8.00. The Morgan fingerprint density at radius 1 is 0.941 bits per heavy atom. The molecule has 172 valence electrons. The molecule has 2 aromatic heterocycles. The first kappa shape index (κ1) is 22.2. The second kappa shape index (κ2) is 8.00. The van der Waals surface area contributed by atoms with Gasteiger partial charge in [-0.15, -0.1) is 0 Å². The van der Waals surface area contributed by atoms with E-state index in [-0.39, 0.29) is 21.1 Å². The molecule has 0 atom stereocenters. The molecular formula is C25H21ClN4O3S. The van der Waals surface area contributed by atoms with Gasteiger partial charge in [0.2, 0.25) is 9.84 Å². The lowest BCUT2D eigenvalue weighted by Crippen LogP contribution is -2.08. The Bertz CT molecular complexity index is 1710. The number of para-hydroxylation sites is 2. The number of halogens is 1. The molecule has 2 N–H and O–H groups in total. The molecule has 5 rings (SSSR count). The number of fused-ring (bicyclic) bond motifs is 2. The van der Waals surface area contributed by atoms with Gasteiger partial charge in [0.25, 0.3) is 0 Å². The number of benzene rings is 3. The summed E-state index contributed by atoms with van der Waals surface area (Å²) in [6.45, 7) is 3.80. The largest absolute Gasteiger partial charge is 0.495 e. The molecule has 34 heavy (non-hydrogen) atoms. The summed E-state index contributed by atoms with van der Waals surface area (Å²) in [5, 5.41) is 0.355. The van der Waals surface area contributed by atoms with E-state index in [4.69, 9.17) is 27.1 Å². The van der Waals surface area contributed by atoms with Crippen LogP contribution in [0.15, 0.2) is 70.5 Å². The zero-order valence-electron chi connectivity index (χ0n) is 18.7. The third kappa shape index (κ3) is 3.38. The predicted molar refractivity (Wildman–Crippen MR) is 134 cm³/mol. The summed E-state index contributed by atoms with van der Waals surface area (Å²) >= 11 is 6.37. The van der Waals surface area contributed by atoms with Crippen molar-refractivity contribution in [2.45, 2.75) is 23.6 Å². The molecule has 0 aliphatic heterocycles. The number of hydrogen-bond donors (Lipinski definition) is 1. The maximum absolute atomic E-state index is 13.9. The van der Waals surface area contributed by atoms with E-state index in [1.165, 1.54) is 7.11 Å². The molecule has 0 radical (unpaired) electrons. The van der Waals surface area contributed by atoms with Crippen LogP contribution >= 0.6 is 11.6 Å². The molecule has 0 saturated heterocycles. The third-order valence-corrected chi connectivity index (χ3v) is 8.01. The van der Waals surface area contributed by atoms with Crippen molar-refractivity contribution in [1.29, 1.82) is 0 Å². The van der Waals surface area contributed by atoms with Crippen LogP contribution in [-0.2, 0) is 9.84 Å². The predicted octanol–water partition coefficient (Wildman–Crippen LogP) is 5.27. The minimum Gasteiger partial charge on any atom is -0.495 e. The van der Waals surface area contributed by atoms with Crippen molar-refractivity contribution in [3.8, 4) is 11.4 Å². The number of aryl methyl sites for hydroxylation is 2. The summed E-state index contributed by atoms with van der Waals surface area (Å²) < 4.78 is 34.6. The lowest BCUT2D eigenvalue weighted by molar-refractivity contribution is 0.415. The monoisotopic (exact) mass is 492 g/mol. The topological polar surface area (TPSA) is 100 Å². The number of nitrogens with zero attached hydrogens (tertiary/aromatic N) is 3. The van der Waals surface area contributed by atoms with Gasteiger partial charge < -0.3 is 10.5 Å². The van der Waals surface area contributed by atoms with Gasteiger partial charge in [-0.1, -0.05) is 29.8 Å². The van der Waals surface area contributed by atoms with Gasteiger partial charge >= 0.3 is 0 Å². The lowest BCUT2D eigenvalue weighted by Gasteiger charge is -2.11. The summed E-state index contributed by atoms with van der Waals surface area (Å²) in [6.07, 6.45) is 0. The fourth-order valence-corrected chi connectivity index (χ4v) is 5.78. The zero-order valence-corrected chi connectivity index (χ0v) is 20.3. The summed E-state index contributed by atoms with van der Waals surface area (Å²) in [5.74, 6) is 0.490. The fraction of sp³-hybridized carbons (Fsp3) is 0.120. The quantitative estimate of drug-likeness (QED) is 0.367. The number of ether oxygens (including phenoxy) is 1. The average molecular weight is 493 g/mol. The van der Waals surface area contributed by atoms with Crippen LogP contribution < -0.4 is 10.5 Å². The minimum atomic E-state index is -4.02. The molecule has 7 nitrogen and oxygen atoms in total. The van der Waals surface area contributed by atoms with Crippen LogP contribution in [0.5, 0.6) is 5.75 Å². The molecule has 0 unspecified atom stereocenters. The Morgan fingerprint density at radius 2 is 1.65 bits per heavy atom. The van der Waals surface area contributed by atoms with Crippen molar-refractivity contribution < 1.29 is 13.2 Å². The molecule has 0 amide bonds. The Hall–Kier alpha value is -3.62. The number of aromatic nitrogens is 3. The second-order valence-corrected chi connectivity index (χ2v) is 10.3. The van der Waals surface area contributed by atoms with E-state index in [1.54, 1.807) is 47.0 Å². The summed E-state index contributed by atoms with van der Waals surface area (Å²) in [5.41, 5.74) is 10.6. The highest BCUT2D eigenvalue weighted by Crippen LogP contribution is 2.38. The maximum atomic E-state index is 13.9. The Kier molecular flexibility index (Phi) is 5.22. The van der Waals surface area contributed by atoms with Gasteiger partial charge in [0.05, 0.1) is 33.7 Å². The average Bonchev–Trinajstić information content (AvgIpc) is 3.10. The number of hydrogen-bond acceptors (Lipinski definition) is 6. The zero-order chi connectivity index (χ0) is 24.2. The van der Waals surface area contributed by atoms with Crippen LogP contribution in [-0.4, -0.2) is 30.1 Å². The molecule has 0 spiro atoms. The molecule has 0 aliphatic carbocycles. The number of nitrogen functional groups attached to an aromatic ring is 1. The lowest BCUT2D eigenvalue weighted by atomic mass is 10.1. The van der Waals surface area contributed by atoms with Crippen LogP contribution in [0.4, 0.5) is 5.82 Å². The first-order chi connectivity index (χ1) is 16.2. The van der Waals surface area contributed by atoms with Crippen LogP contribution in [0, 0.1) is 13.8 Å². The molecule has 2 heterocycles. The van der Waals surface area contributed by atoms with Gasteiger partial charge in [-0.2, -0.15) is 0 Å². The summed E-state index contributed by atoms with van der Waals surface area (Å²) in [7, 11) is -2.50.